The van der Waals surface area contributed by atoms with Gasteiger partial charge in [-0.3, -0.25) is 9.59 Å². The first-order valence-electron chi connectivity index (χ1n) is 8.05. The number of amides is 2. The van der Waals surface area contributed by atoms with Crippen LogP contribution in [0.3, 0.4) is 0 Å². The molecular weight excluding hydrogens is 348 g/mol. The fourth-order valence-electron chi connectivity index (χ4n) is 2.43. The predicted octanol–water partition coefficient (Wildman–Crippen LogP) is 3.16. The number of nitrogens with two attached hydrogens (primary N) is 1. The van der Waals surface area contributed by atoms with E-state index in [-0.39, 0.29) is 11.2 Å². The average molecular weight is 366 g/mol. The van der Waals surface area contributed by atoms with Gasteiger partial charge in [-0.15, -0.1) is 0 Å². The van der Waals surface area contributed by atoms with E-state index in [2.05, 4.69) is 15.3 Å². The summed E-state index contributed by atoms with van der Waals surface area (Å²) in [7, 11) is 0. The lowest BCUT2D eigenvalue weighted by atomic mass is 10.2. The van der Waals surface area contributed by atoms with Crippen LogP contribution in [0.2, 0.25) is 0 Å². The molecule has 0 saturated carbocycles. The van der Waals surface area contributed by atoms with Gasteiger partial charge in [0.05, 0.1) is 10.8 Å². The number of thioether (sulfide) groups is 1. The molecule has 0 saturated heterocycles. The van der Waals surface area contributed by atoms with Crippen molar-refractivity contribution < 1.29 is 9.59 Å². The molecule has 1 heterocycles. The Morgan fingerprint density at radius 3 is 2.46 bits per heavy atom. The Bertz CT molecular complexity index is 973. The molecule has 3 rings (SSSR count). The van der Waals surface area contributed by atoms with Crippen LogP contribution in [0.4, 0.5) is 5.69 Å². The van der Waals surface area contributed by atoms with E-state index in [1.54, 1.807) is 24.3 Å². The Morgan fingerprint density at radius 1 is 1.08 bits per heavy atom. The zero-order chi connectivity index (χ0) is 18.7. The number of rotatable bonds is 5. The lowest BCUT2D eigenvalue weighted by Crippen LogP contribution is -2.22. The quantitative estimate of drug-likeness (QED) is 0.534. The number of para-hydroxylation sites is 1. The van der Waals surface area contributed by atoms with Crippen LogP contribution in [0.15, 0.2) is 53.6 Å². The lowest BCUT2D eigenvalue weighted by molar-refractivity contribution is -0.115. The van der Waals surface area contributed by atoms with Crippen LogP contribution in [0.5, 0.6) is 0 Å². The van der Waals surface area contributed by atoms with Gasteiger partial charge in [0, 0.05) is 16.6 Å². The molecule has 0 unspecified atom stereocenters. The summed E-state index contributed by atoms with van der Waals surface area (Å²) in [5.41, 5.74) is 7.08. The highest BCUT2D eigenvalue weighted by Crippen LogP contribution is 2.29. The molecule has 6 nitrogen and oxygen atoms in total. The number of nitrogens with zero attached hydrogens (tertiary/aromatic N) is 2. The number of fused-ring (bicyclic) bond motifs is 1. The van der Waals surface area contributed by atoms with Gasteiger partial charge in [-0.05, 0) is 44.2 Å². The Balaban J connectivity index is 1.74. The molecular formula is C19H18N4O2S. The molecule has 0 aliphatic rings. The molecule has 0 aliphatic carbocycles. The molecule has 2 aromatic carbocycles. The van der Waals surface area contributed by atoms with E-state index in [1.807, 2.05) is 38.1 Å². The van der Waals surface area contributed by atoms with Crippen molar-refractivity contribution in [3.05, 3.63) is 59.9 Å². The number of carbonyl (C=O) groups excluding carboxylic acids is 2. The van der Waals surface area contributed by atoms with Crippen LogP contribution in [0.1, 0.15) is 23.1 Å². The molecule has 3 N–H and O–H groups in total. The third-order valence-electron chi connectivity index (χ3n) is 3.77. The Hall–Kier alpha value is -2.93. The first-order chi connectivity index (χ1) is 12.4. The number of aromatic nitrogens is 2. The maximum absolute atomic E-state index is 12.5. The molecule has 132 valence electrons. The smallest absolute Gasteiger partial charge is 0.248 e. The molecule has 0 bridgehead atoms. The minimum absolute atomic E-state index is 0.151. The summed E-state index contributed by atoms with van der Waals surface area (Å²) < 4.78 is 0. The largest absolute Gasteiger partial charge is 0.366 e. The second-order valence-electron chi connectivity index (χ2n) is 5.78. The van der Waals surface area contributed by atoms with E-state index in [4.69, 9.17) is 5.73 Å². The van der Waals surface area contributed by atoms with Gasteiger partial charge in [-0.2, -0.15) is 0 Å². The number of carbonyl (C=O) groups is 2. The number of hydrogen-bond acceptors (Lipinski definition) is 5. The van der Waals surface area contributed by atoms with E-state index in [0.717, 1.165) is 15.9 Å². The first kappa shape index (κ1) is 17.9. The topological polar surface area (TPSA) is 98.0 Å². The second kappa shape index (κ2) is 7.53. The Labute approximate surface area is 155 Å². The third-order valence-corrected chi connectivity index (χ3v) is 4.88. The second-order valence-corrected chi connectivity index (χ2v) is 7.11. The molecule has 1 aromatic heterocycles. The maximum atomic E-state index is 12.5. The highest BCUT2D eigenvalue weighted by atomic mass is 32.2. The Morgan fingerprint density at radius 2 is 1.77 bits per heavy atom. The van der Waals surface area contributed by atoms with E-state index in [0.29, 0.717) is 17.1 Å². The van der Waals surface area contributed by atoms with Crippen LogP contribution in [0.25, 0.3) is 10.9 Å². The van der Waals surface area contributed by atoms with Crippen molar-refractivity contribution in [2.45, 2.75) is 24.1 Å². The summed E-state index contributed by atoms with van der Waals surface area (Å²) >= 11 is 1.39. The molecule has 2 amide bonds. The number of benzene rings is 2. The minimum atomic E-state index is -0.502. The highest BCUT2D eigenvalue weighted by Gasteiger charge is 2.17. The number of aryl methyl sites for hydroxylation is 1. The van der Waals surface area contributed by atoms with Crippen LogP contribution >= 0.6 is 11.8 Å². The summed E-state index contributed by atoms with van der Waals surface area (Å²) in [5.74, 6) is 0.0147. The SMILES string of the molecule is Cc1nc(S[C@@H](C)C(=O)Nc2ccc(C(N)=O)cc2)c2ccccc2n1. The normalized spacial score (nSPS) is 11.9. The summed E-state index contributed by atoms with van der Waals surface area (Å²) in [4.78, 5) is 32.5. The summed E-state index contributed by atoms with van der Waals surface area (Å²) in [6.07, 6.45) is 0. The summed E-state index contributed by atoms with van der Waals surface area (Å²) in [6, 6.07) is 14.2. The third kappa shape index (κ3) is 4.00. The van der Waals surface area contributed by atoms with Crippen LogP contribution in [-0.4, -0.2) is 27.0 Å². The van der Waals surface area contributed by atoms with Crippen molar-refractivity contribution in [1.29, 1.82) is 0 Å². The van der Waals surface area contributed by atoms with E-state index in [9.17, 15) is 9.59 Å². The summed E-state index contributed by atoms with van der Waals surface area (Å²) in [5, 5.41) is 4.18. The predicted molar refractivity (Wildman–Crippen MR) is 103 cm³/mol. The highest BCUT2D eigenvalue weighted by molar-refractivity contribution is 8.00. The maximum Gasteiger partial charge on any atom is 0.248 e. The molecule has 7 heteroatoms. The molecule has 3 aromatic rings. The van der Waals surface area contributed by atoms with Crippen molar-refractivity contribution in [3.63, 3.8) is 0 Å². The van der Waals surface area contributed by atoms with Gasteiger partial charge in [0.2, 0.25) is 11.8 Å². The number of nitrogens with one attached hydrogen (secondary N) is 1. The van der Waals surface area contributed by atoms with Crippen LogP contribution < -0.4 is 11.1 Å². The zero-order valence-electron chi connectivity index (χ0n) is 14.4. The number of hydrogen-bond donors (Lipinski definition) is 2. The molecule has 1 atom stereocenters. The first-order valence-corrected chi connectivity index (χ1v) is 8.93. The van der Waals surface area contributed by atoms with Crippen molar-refractivity contribution in [1.82, 2.24) is 9.97 Å². The van der Waals surface area contributed by atoms with Gasteiger partial charge in [0.15, 0.2) is 0 Å². The van der Waals surface area contributed by atoms with Gasteiger partial charge < -0.3 is 11.1 Å². The molecule has 26 heavy (non-hydrogen) atoms. The van der Waals surface area contributed by atoms with Crippen molar-refractivity contribution in [2.75, 3.05) is 5.32 Å². The van der Waals surface area contributed by atoms with Crippen LogP contribution in [0, 0.1) is 6.92 Å². The average Bonchev–Trinajstić information content (AvgIpc) is 2.62. The van der Waals surface area contributed by atoms with E-state index >= 15 is 0 Å². The fourth-order valence-corrected chi connectivity index (χ4v) is 3.42. The van der Waals surface area contributed by atoms with Gasteiger partial charge in [-0.25, -0.2) is 9.97 Å². The zero-order valence-corrected chi connectivity index (χ0v) is 15.2. The van der Waals surface area contributed by atoms with E-state index < -0.39 is 5.91 Å². The van der Waals surface area contributed by atoms with Crippen molar-refractivity contribution in [3.8, 4) is 0 Å². The Kier molecular flexibility index (Phi) is 5.18. The van der Waals surface area contributed by atoms with Gasteiger partial charge in [0.25, 0.3) is 0 Å². The van der Waals surface area contributed by atoms with Crippen molar-refractivity contribution >= 4 is 40.2 Å². The van der Waals surface area contributed by atoms with Gasteiger partial charge >= 0.3 is 0 Å². The van der Waals surface area contributed by atoms with Crippen molar-refractivity contribution in [2.24, 2.45) is 5.73 Å². The lowest BCUT2D eigenvalue weighted by Gasteiger charge is -2.13. The van der Waals surface area contributed by atoms with E-state index in [1.165, 1.54) is 11.8 Å². The monoisotopic (exact) mass is 366 g/mol. The molecule has 0 spiro atoms. The standard InChI is InChI=1S/C19H18N4O2S/c1-11(18(25)23-14-9-7-13(8-10-14)17(20)24)26-19-15-5-3-4-6-16(15)21-12(2)22-19/h3-11H,1-2H3,(H2,20,24)(H,23,25)/t11-/m0/s1. The molecule has 0 fully saturated rings. The molecule has 0 radical (unpaired) electrons. The minimum Gasteiger partial charge on any atom is -0.366 e. The van der Waals surface area contributed by atoms with Gasteiger partial charge in [0.1, 0.15) is 10.9 Å². The molecule has 0 aliphatic heterocycles. The fraction of sp³-hybridized carbons (Fsp3) is 0.158. The summed E-state index contributed by atoms with van der Waals surface area (Å²) in [6.45, 7) is 3.66. The van der Waals surface area contributed by atoms with Crippen LogP contribution in [-0.2, 0) is 4.79 Å². The number of primary amides is 1. The number of anilines is 1. The van der Waals surface area contributed by atoms with Gasteiger partial charge in [-0.1, -0.05) is 30.0 Å².